The van der Waals surface area contributed by atoms with Gasteiger partial charge in [0.1, 0.15) is 0 Å². The van der Waals surface area contributed by atoms with Crippen molar-refractivity contribution in [2.24, 2.45) is 0 Å². The van der Waals surface area contributed by atoms with Crippen molar-refractivity contribution in [1.29, 1.82) is 5.26 Å². The maximum absolute atomic E-state index is 11.1. The fourth-order valence-electron chi connectivity index (χ4n) is 0.844. The van der Waals surface area contributed by atoms with Crippen molar-refractivity contribution < 1.29 is 9.53 Å². The molecule has 0 aliphatic carbocycles. The SMILES string of the molecule is CCOCCC(=O)NC(C)CC#N. The average Bonchev–Trinajstić information content (AvgIpc) is 2.05. The van der Waals surface area contributed by atoms with E-state index in [0.717, 1.165) is 0 Å². The molecule has 0 aromatic carbocycles. The molecule has 4 heteroatoms. The summed E-state index contributed by atoms with van der Waals surface area (Å²) in [5.74, 6) is -0.0591. The molecule has 0 aliphatic rings. The molecule has 74 valence electrons. The minimum absolute atomic E-state index is 0.0591. The van der Waals surface area contributed by atoms with Crippen LogP contribution in [0, 0.1) is 11.3 Å². The van der Waals surface area contributed by atoms with Crippen molar-refractivity contribution in [2.45, 2.75) is 32.7 Å². The van der Waals surface area contributed by atoms with Gasteiger partial charge in [0, 0.05) is 19.1 Å². The summed E-state index contributed by atoms with van der Waals surface area (Å²) in [6, 6.07) is 1.92. The molecule has 0 rings (SSSR count). The number of nitrogens with one attached hydrogen (secondary N) is 1. The number of rotatable bonds is 6. The highest BCUT2D eigenvalue weighted by Gasteiger charge is 2.05. The molecule has 0 saturated heterocycles. The summed E-state index contributed by atoms with van der Waals surface area (Å²) in [6.45, 7) is 4.76. The molecule has 1 N–H and O–H groups in total. The summed E-state index contributed by atoms with van der Waals surface area (Å²) in [5, 5.41) is 11.0. The van der Waals surface area contributed by atoms with Crippen LogP contribution in [-0.4, -0.2) is 25.2 Å². The lowest BCUT2D eigenvalue weighted by Gasteiger charge is -2.09. The molecule has 0 saturated carbocycles. The Balaban J connectivity index is 3.45. The van der Waals surface area contributed by atoms with Crippen molar-refractivity contribution in [2.75, 3.05) is 13.2 Å². The lowest BCUT2D eigenvalue weighted by molar-refractivity contribution is -0.122. The van der Waals surface area contributed by atoms with Gasteiger partial charge >= 0.3 is 0 Å². The molecule has 1 atom stereocenters. The molecule has 0 fully saturated rings. The summed E-state index contributed by atoms with van der Waals surface area (Å²) in [6.07, 6.45) is 0.712. The molecule has 0 aromatic heterocycles. The van der Waals surface area contributed by atoms with Crippen molar-refractivity contribution in [1.82, 2.24) is 5.32 Å². The Morgan fingerprint density at radius 3 is 2.92 bits per heavy atom. The monoisotopic (exact) mass is 184 g/mol. The third kappa shape index (κ3) is 7.29. The van der Waals surface area contributed by atoms with E-state index in [1.54, 1.807) is 0 Å². The van der Waals surface area contributed by atoms with Crippen LogP contribution in [0.5, 0.6) is 0 Å². The molecule has 0 radical (unpaired) electrons. The van der Waals surface area contributed by atoms with Crippen LogP contribution in [-0.2, 0) is 9.53 Å². The van der Waals surface area contributed by atoms with Crippen LogP contribution in [0.2, 0.25) is 0 Å². The van der Waals surface area contributed by atoms with Gasteiger partial charge in [-0.2, -0.15) is 5.26 Å². The third-order valence-corrected chi connectivity index (χ3v) is 1.48. The topological polar surface area (TPSA) is 62.1 Å². The summed E-state index contributed by atoms with van der Waals surface area (Å²) in [7, 11) is 0. The third-order valence-electron chi connectivity index (χ3n) is 1.48. The summed E-state index contributed by atoms with van der Waals surface area (Å²) in [4.78, 5) is 11.1. The largest absolute Gasteiger partial charge is 0.381 e. The Labute approximate surface area is 78.9 Å². The van der Waals surface area contributed by atoms with E-state index in [0.29, 0.717) is 26.1 Å². The number of carbonyl (C=O) groups is 1. The normalized spacial score (nSPS) is 11.8. The first-order valence-corrected chi connectivity index (χ1v) is 4.44. The Morgan fingerprint density at radius 2 is 2.38 bits per heavy atom. The van der Waals surface area contributed by atoms with E-state index in [9.17, 15) is 4.79 Å². The van der Waals surface area contributed by atoms with Gasteiger partial charge in [0.2, 0.25) is 5.91 Å². The van der Waals surface area contributed by atoms with Gasteiger partial charge in [-0.3, -0.25) is 4.79 Å². The molecule has 0 heterocycles. The molecule has 13 heavy (non-hydrogen) atoms. The highest BCUT2D eigenvalue weighted by Crippen LogP contribution is 1.90. The zero-order valence-corrected chi connectivity index (χ0v) is 8.17. The van der Waals surface area contributed by atoms with E-state index < -0.39 is 0 Å². The van der Waals surface area contributed by atoms with Gasteiger partial charge in [-0.05, 0) is 13.8 Å². The van der Waals surface area contributed by atoms with Crippen LogP contribution in [0.3, 0.4) is 0 Å². The molecular formula is C9H16N2O2. The van der Waals surface area contributed by atoms with Gasteiger partial charge in [-0.25, -0.2) is 0 Å². The zero-order valence-electron chi connectivity index (χ0n) is 8.17. The predicted octanol–water partition coefficient (Wildman–Crippen LogP) is 0.831. The van der Waals surface area contributed by atoms with E-state index in [4.69, 9.17) is 10.00 Å². The van der Waals surface area contributed by atoms with Crippen LogP contribution < -0.4 is 5.32 Å². The Bertz CT molecular complexity index is 187. The summed E-state index contributed by atoms with van der Waals surface area (Å²) < 4.78 is 5.02. The molecule has 4 nitrogen and oxygen atoms in total. The van der Waals surface area contributed by atoms with Crippen molar-refractivity contribution in [3.63, 3.8) is 0 Å². The minimum Gasteiger partial charge on any atom is -0.381 e. The first-order valence-electron chi connectivity index (χ1n) is 4.44. The Kier molecular flexibility index (Phi) is 6.93. The van der Waals surface area contributed by atoms with Gasteiger partial charge < -0.3 is 10.1 Å². The summed E-state index contributed by atoms with van der Waals surface area (Å²) in [5.41, 5.74) is 0. The number of carbonyl (C=O) groups excluding carboxylic acids is 1. The molecule has 0 aromatic rings. The molecule has 1 unspecified atom stereocenters. The number of nitrogens with zero attached hydrogens (tertiary/aromatic N) is 1. The fraction of sp³-hybridized carbons (Fsp3) is 0.778. The smallest absolute Gasteiger partial charge is 0.222 e. The van der Waals surface area contributed by atoms with Crippen LogP contribution in [0.1, 0.15) is 26.7 Å². The van der Waals surface area contributed by atoms with E-state index >= 15 is 0 Å². The zero-order chi connectivity index (χ0) is 10.1. The maximum Gasteiger partial charge on any atom is 0.222 e. The van der Waals surface area contributed by atoms with Crippen LogP contribution >= 0.6 is 0 Å². The van der Waals surface area contributed by atoms with Crippen LogP contribution in [0.25, 0.3) is 0 Å². The Morgan fingerprint density at radius 1 is 1.69 bits per heavy atom. The number of ether oxygens (including phenoxy) is 1. The first kappa shape index (κ1) is 11.9. The molecule has 0 spiro atoms. The van der Waals surface area contributed by atoms with Crippen LogP contribution in [0.15, 0.2) is 0 Å². The number of amides is 1. The summed E-state index contributed by atoms with van der Waals surface area (Å²) >= 11 is 0. The van der Waals surface area contributed by atoms with E-state index in [1.807, 2.05) is 19.9 Å². The van der Waals surface area contributed by atoms with Gasteiger partial charge in [0.25, 0.3) is 0 Å². The van der Waals surface area contributed by atoms with E-state index in [2.05, 4.69) is 5.32 Å². The molecule has 0 bridgehead atoms. The second kappa shape index (κ2) is 7.56. The van der Waals surface area contributed by atoms with Crippen molar-refractivity contribution in [3.8, 4) is 6.07 Å². The maximum atomic E-state index is 11.1. The van der Waals surface area contributed by atoms with Gasteiger partial charge in [0.15, 0.2) is 0 Å². The van der Waals surface area contributed by atoms with E-state index in [-0.39, 0.29) is 11.9 Å². The quantitative estimate of drug-likeness (QED) is 0.622. The number of nitriles is 1. The van der Waals surface area contributed by atoms with Gasteiger partial charge in [-0.1, -0.05) is 0 Å². The Hall–Kier alpha value is -1.08. The lowest BCUT2D eigenvalue weighted by Crippen LogP contribution is -2.32. The first-order chi connectivity index (χ1) is 6.20. The lowest BCUT2D eigenvalue weighted by atomic mass is 10.2. The fourth-order valence-corrected chi connectivity index (χ4v) is 0.844. The molecular weight excluding hydrogens is 168 g/mol. The van der Waals surface area contributed by atoms with Crippen molar-refractivity contribution >= 4 is 5.91 Å². The highest BCUT2D eigenvalue weighted by atomic mass is 16.5. The second-order valence-electron chi connectivity index (χ2n) is 2.78. The van der Waals surface area contributed by atoms with Gasteiger partial charge in [-0.15, -0.1) is 0 Å². The number of hydrogen-bond acceptors (Lipinski definition) is 3. The predicted molar refractivity (Wildman–Crippen MR) is 48.9 cm³/mol. The number of hydrogen-bond donors (Lipinski definition) is 1. The molecule has 0 aliphatic heterocycles. The molecule has 1 amide bonds. The average molecular weight is 184 g/mol. The highest BCUT2D eigenvalue weighted by molar-refractivity contribution is 5.76. The standard InChI is InChI=1S/C9H16N2O2/c1-3-13-7-5-9(12)11-8(2)4-6-10/h8H,3-5,7H2,1-2H3,(H,11,12). The van der Waals surface area contributed by atoms with Gasteiger partial charge in [0.05, 0.1) is 19.1 Å². The van der Waals surface area contributed by atoms with Crippen LogP contribution in [0.4, 0.5) is 0 Å². The van der Waals surface area contributed by atoms with Crippen molar-refractivity contribution in [3.05, 3.63) is 0 Å². The minimum atomic E-state index is -0.0703. The second-order valence-corrected chi connectivity index (χ2v) is 2.78. The van der Waals surface area contributed by atoms with E-state index in [1.165, 1.54) is 0 Å².